The molecule has 1 atom stereocenters. The Labute approximate surface area is 113 Å². The van der Waals surface area contributed by atoms with E-state index in [0.717, 1.165) is 19.3 Å². The molecule has 0 saturated heterocycles. The van der Waals surface area contributed by atoms with Crippen molar-refractivity contribution in [1.82, 2.24) is 4.90 Å². The minimum atomic E-state index is -0.433. The zero-order valence-electron chi connectivity index (χ0n) is 11.5. The standard InChI is InChI=1S/C14H21NO2S/c1-14(2,3)17-13(16)15(4)11-6-5-7-12-10(11)8-9-18-12/h8-9,11H,5-7H2,1-4H3/t11-/m1/s1. The molecule has 0 spiro atoms. The van der Waals surface area contributed by atoms with E-state index in [1.165, 1.54) is 10.4 Å². The fraction of sp³-hybridized carbons (Fsp3) is 0.643. The predicted molar refractivity (Wildman–Crippen MR) is 74.0 cm³/mol. The summed E-state index contributed by atoms with van der Waals surface area (Å²) in [5.41, 5.74) is 0.872. The lowest BCUT2D eigenvalue weighted by molar-refractivity contribution is 0.0205. The number of aryl methyl sites for hydroxylation is 1. The third-order valence-corrected chi connectivity index (χ3v) is 4.17. The van der Waals surface area contributed by atoms with Crippen LogP contribution in [0.1, 0.15) is 50.1 Å². The van der Waals surface area contributed by atoms with E-state index in [1.807, 2.05) is 27.8 Å². The van der Waals surface area contributed by atoms with Crippen molar-refractivity contribution in [2.24, 2.45) is 0 Å². The zero-order valence-corrected chi connectivity index (χ0v) is 12.3. The van der Waals surface area contributed by atoms with Crippen LogP contribution in [-0.4, -0.2) is 23.6 Å². The van der Waals surface area contributed by atoms with Gasteiger partial charge in [0, 0.05) is 11.9 Å². The molecule has 1 heterocycles. The number of carbonyl (C=O) groups is 1. The highest BCUT2D eigenvalue weighted by atomic mass is 32.1. The smallest absolute Gasteiger partial charge is 0.410 e. The van der Waals surface area contributed by atoms with Gasteiger partial charge in [-0.3, -0.25) is 0 Å². The maximum atomic E-state index is 12.1. The molecular formula is C14H21NO2S. The summed E-state index contributed by atoms with van der Waals surface area (Å²) < 4.78 is 5.43. The van der Waals surface area contributed by atoms with Crippen molar-refractivity contribution in [2.45, 2.75) is 51.7 Å². The van der Waals surface area contributed by atoms with Gasteiger partial charge in [-0.1, -0.05) is 0 Å². The van der Waals surface area contributed by atoms with Crippen LogP contribution >= 0.6 is 11.3 Å². The van der Waals surface area contributed by atoms with E-state index in [2.05, 4.69) is 11.4 Å². The molecule has 1 aliphatic carbocycles. The van der Waals surface area contributed by atoms with Crippen LogP contribution in [0.4, 0.5) is 4.79 Å². The lowest BCUT2D eigenvalue weighted by atomic mass is 9.93. The molecule has 1 aliphatic rings. The predicted octanol–water partition coefficient (Wildman–Crippen LogP) is 3.99. The van der Waals surface area contributed by atoms with E-state index in [-0.39, 0.29) is 12.1 Å². The molecule has 1 aromatic heterocycles. The average Bonchev–Trinajstić information content (AvgIpc) is 2.73. The Hall–Kier alpha value is -1.03. The molecule has 0 saturated carbocycles. The normalized spacial score (nSPS) is 19.2. The monoisotopic (exact) mass is 267 g/mol. The maximum absolute atomic E-state index is 12.1. The van der Waals surface area contributed by atoms with Gasteiger partial charge in [-0.05, 0) is 57.0 Å². The molecule has 1 amide bonds. The van der Waals surface area contributed by atoms with Crippen molar-refractivity contribution in [3.05, 3.63) is 21.9 Å². The van der Waals surface area contributed by atoms with Crippen molar-refractivity contribution < 1.29 is 9.53 Å². The molecule has 100 valence electrons. The summed E-state index contributed by atoms with van der Waals surface area (Å²) in [5, 5.41) is 2.12. The molecule has 0 N–H and O–H groups in total. The van der Waals surface area contributed by atoms with Crippen molar-refractivity contribution in [3.63, 3.8) is 0 Å². The molecule has 2 rings (SSSR count). The third kappa shape index (κ3) is 2.86. The quantitative estimate of drug-likeness (QED) is 0.770. The summed E-state index contributed by atoms with van der Waals surface area (Å²) in [4.78, 5) is 15.3. The molecule has 0 bridgehead atoms. The first-order valence-electron chi connectivity index (χ1n) is 6.40. The van der Waals surface area contributed by atoms with Crippen LogP contribution in [0.25, 0.3) is 0 Å². The first-order chi connectivity index (χ1) is 8.38. The molecule has 0 unspecified atom stereocenters. The average molecular weight is 267 g/mol. The van der Waals surface area contributed by atoms with Crippen LogP contribution < -0.4 is 0 Å². The van der Waals surface area contributed by atoms with Gasteiger partial charge in [0.2, 0.25) is 0 Å². The number of fused-ring (bicyclic) bond motifs is 1. The summed E-state index contributed by atoms with van der Waals surface area (Å²) in [7, 11) is 1.84. The van der Waals surface area contributed by atoms with Crippen molar-refractivity contribution in [2.75, 3.05) is 7.05 Å². The third-order valence-electron chi connectivity index (χ3n) is 3.17. The summed E-state index contributed by atoms with van der Waals surface area (Å²) >= 11 is 1.79. The number of thiophene rings is 1. The van der Waals surface area contributed by atoms with Gasteiger partial charge in [-0.2, -0.15) is 0 Å². The number of hydrogen-bond acceptors (Lipinski definition) is 3. The van der Waals surface area contributed by atoms with E-state index in [1.54, 1.807) is 16.2 Å². The van der Waals surface area contributed by atoms with Gasteiger partial charge in [0.15, 0.2) is 0 Å². The van der Waals surface area contributed by atoms with Gasteiger partial charge < -0.3 is 9.64 Å². The van der Waals surface area contributed by atoms with Gasteiger partial charge in [-0.15, -0.1) is 11.3 Å². The molecular weight excluding hydrogens is 246 g/mol. The molecule has 0 aromatic carbocycles. The Bertz CT molecular complexity index is 433. The van der Waals surface area contributed by atoms with Gasteiger partial charge in [0.05, 0.1) is 6.04 Å². The topological polar surface area (TPSA) is 29.5 Å². The maximum Gasteiger partial charge on any atom is 0.410 e. The highest BCUT2D eigenvalue weighted by Gasteiger charge is 2.30. The number of nitrogens with zero attached hydrogens (tertiary/aromatic N) is 1. The lowest BCUT2D eigenvalue weighted by Gasteiger charge is -2.33. The number of carbonyl (C=O) groups excluding carboxylic acids is 1. The fourth-order valence-electron chi connectivity index (χ4n) is 2.33. The summed E-state index contributed by atoms with van der Waals surface area (Å²) in [6.45, 7) is 5.70. The van der Waals surface area contributed by atoms with Crippen LogP contribution in [0.5, 0.6) is 0 Å². The zero-order chi connectivity index (χ0) is 13.3. The van der Waals surface area contributed by atoms with Gasteiger partial charge in [-0.25, -0.2) is 4.79 Å². The van der Waals surface area contributed by atoms with Crippen molar-refractivity contribution in [3.8, 4) is 0 Å². The second-order valence-corrected chi connectivity index (χ2v) is 6.80. The minimum Gasteiger partial charge on any atom is -0.444 e. The lowest BCUT2D eigenvalue weighted by Crippen LogP contribution is -2.37. The van der Waals surface area contributed by atoms with Gasteiger partial charge in [0.1, 0.15) is 5.60 Å². The first-order valence-corrected chi connectivity index (χ1v) is 7.28. The highest BCUT2D eigenvalue weighted by molar-refractivity contribution is 7.10. The molecule has 0 aliphatic heterocycles. The van der Waals surface area contributed by atoms with Crippen LogP contribution in [0.3, 0.4) is 0 Å². The van der Waals surface area contributed by atoms with E-state index < -0.39 is 5.60 Å². The number of hydrogen-bond donors (Lipinski definition) is 0. The van der Waals surface area contributed by atoms with Crippen molar-refractivity contribution >= 4 is 17.4 Å². The Balaban J connectivity index is 2.11. The summed E-state index contributed by atoms with van der Waals surface area (Å²) in [6, 6.07) is 2.32. The Morgan fingerprint density at radius 1 is 1.50 bits per heavy atom. The first kappa shape index (κ1) is 13.4. The highest BCUT2D eigenvalue weighted by Crippen LogP contribution is 2.36. The van der Waals surface area contributed by atoms with Crippen molar-refractivity contribution in [1.29, 1.82) is 0 Å². The van der Waals surface area contributed by atoms with E-state index >= 15 is 0 Å². The SMILES string of the molecule is CN(C(=O)OC(C)(C)C)[C@@H]1CCCc2sccc21. The van der Waals surface area contributed by atoms with Crippen LogP contribution in [0.2, 0.25) is 0 Å². The summed E-state index contributed by atoms with van der Waals surface area (Å²) in [5.74, 6) is 0. The Morgan fingerprint density at radius 2 is 2.22 bits per heavy atom. The second-order valence-electron chi connectivity index (χ2n) is 5.80. The molecule has 18 heavy (non-hydrogen) atoms. The van der Waals surface area contributed by atoms with E-state index in [0.29, 0.717) is 0 Å². The number of amides is 1. The largest absolute Gasteiger partial charge is 0.444 e. The van der Waals surface area contributed by atoms with Crippen LogP contribution in [0, 0.1) is 0 Å². The Kier molecular flexibility index (Phi) is 3.66. The van der Waals surface area contributed by atoms with Gasteiger partial charge in [0.25, 0.3) is 0 Å². The van der Waals surface area contributed by atoms with Crippen LogP contribution in [0.15, 0.2) is 11.4 Å². The molecule has 4 heteroatoms. The molecule has 0 fully saturated rings. The molecule has 0 radical (unpaired) electrons. The van der Waals surface area contributed by atoms with Crippen LogP contribution in [-0.2, 0) is 11.2 Å². The fourth-order valence-corrected chi connectivity index (χ4v) is 3.31. The van der Waals surface area contributed by atoms with Gasteiger partial charge >= 0.3 is 6.09 Å². The summed E-state index contributed by atoms with van der Waals surface area (Å²) in [6.07, 6.45) is 3.09. The van der Waals surface area contributed by atoms with E-state index in [4.69, 9.17) is 4.74 Å². The Morgan fingerprint density at radius 3 is 2.89 bits per heavy atom. The number of rotatable bonds is 1. The number of ether oxygens (including phenoxy) is 1. The second kappa shape index (κ2) is 4.92. The van der Waals surface area contributed by atoms with E-state index in [9.17, 15) is 4.79 Å². The molecule has 3 nitrogen and oxygen atoms in total. The molecule has 1 aromatic rings. The minimum absolute atomic E-state index is 0.176.